The Morgan fingerprint density at radius 1 is 1.22 bits per heavy atom. The third-order valence-electron chi connectivity index (χ3n) is 3.79. The number of aromatic nitrogens is 1. The van der Waals surface area contributed by atoms with Gasteiger partial charge in [0.2, 0.25) is 0 Å². The Morgan fingerprint density at radius 3 is 2.59 bits per heavy atom. The van der Waals surface area contributed by atoms with E-state index in [-0.39, 0.29) is 11.9 Å². The minimum absolute atomic E-state index is 0.313. The third-order valence-corrected chi connectivity index (χ3v) is 5.09. The lowest BCUT2D eigenvalue weighted by molar-refractivity contribution is 0.0526. The molecule has 2 aromatic carbocycles. The molecule has 0 saturated carbocycles. The molecule has 7 heteroatoms. The highest BCUT2D eigenvalue weighted by atomic mass is 35.5. The number of thiazole rings is 1. The quantitative estimate of drug-likeness (QED) is 0.469. The van der Waals surface area contributed by atoms with E-state index in [0.29, 0.717) is 34.1 Å². The molecule has 3 rings (SSSR count). The van der Waals surface area contributed by atoms with Gasteiger partial charge in [0, 0.05) is 17.1 Å². The van der Waals surface area contributed by atoms with Crippen LogP contribution < -0.4 is 4.80 Å². The second-order valence-electron chi connectivity index (χ2n) is 5.61. The molecule has 0 saturated heterocycles. The van der Waals surface area contributed by atoms with Crippen LogP contribution in [0.2, 0.25) is 5.02 Å². The van der Waals surface area contributed by atoms with E-state index in [9.17, 15) is 9.59 Å². The molecule has 0 N–H and O–H groups in total. The van der Waals surface area contributed by atoms with Gasteiger partial charge in [-0.2, -0.15) is 4.99 Å². The van der Waals surface area contributed by atoms with Crippen LogP contribution in [0.1, 0.15) is 27.6 Å². The van der Waals surface area contributed by atoms with Crippen molar-refractivity contribution in [3.8, 4) is 0 Å². The summed E-state index contributed by atoms with van der Waals surface area (Å²) >= 11 is 7.20. The molecule has 1 amide bonds. The van der Waals surface area contributed by atoms with Crippen LogP contribution in [-0.4, -0.2) is 23.1 Å². The minimum atomic E-state index is -0.376. The van der Waals surface area contributed by atoms with Crippen molar-refractivity contribution in [2.24, 2.45) is 4.99 Å². The summed E-state index contributed by atoms with van der Waals surface area (Å²) in [6, 6.07) is 11.9. The SMILES string of the molecule is C=CCn1c(=NC(=O)c2ccc(Cl)cc2)sc2cc(C(=O)OCC)ccc21. The van der Waals surface area contributed by atoms with E-state index in [4.69, 9.17) is 16.3 Å². The summed E-state index contributed by atoms with van der Waals surface area (Å²) in [7, 11) is 0. The number of fused-ring (bicyclic) bond motifs is 1. The van der Waals surface area contributed by atoms with Crippen LogP contribution in [0.4, 0.5) is 0 Å². The Kier molecular flexibility index (Phi) is 5.88. The molecule has 0 atom stereocenters. The zero-order valence-corrected chi connectivity index (χ0v) is 16.2. The zero-order valence-electron chi connectivity index (χ0n) is 14.6. The molecule has 3 aromatic rings. The van der Waals surface area contributed by atoms with Crippen molar-refractivity contribution in [3.05, 3.63) is 76.1 Å². The highest BCUT2D eigenvalue weighted by Gasteiger charge is 2.12. The summed E-state index contributed by atoms with van der Waals surface area (Å²) in [6.45, 7) is 6.34. The number of halogens is 1. The number of ether oxygens (including phenoxy) is 1. The molecule has 0 radical (unpaired) electrons. The van der Waals surface area contributed by atoms with Gasteiger partial charge >= 0.3 is 5.97 Å². The highest BCUT2D eigenvalue weighted by Crippen LogP contribution is 2.20. The van der Waals surface area contributed by atoms with Crippen LogP contribution in [0.25, 0.3) is 10.2 Å². The summed E-state index contributed by atoms with van der Waals surface area (Å²) in [5.41, 5.74) is 1.79. The predicted molar refractivity (Wildman–Crippen MR) is 107 cm³/mol. The largest absolute Gasteiger partial charge is 0.462 e. The lowest BCUT2D eigenvalue weighted by Gasteiger charge is -2.03. The van der Waals surface area contributed by atoms with E-state index >= 15 is 0 Å². The fourth-order valence-electron chi connectivity index (χ4n) is 2.55. The van der Waals surface area contributed by atoms with Crippen molar-refractivity contribution < 1.29 is 14.3 Å². The van der Waals surface area contributed by atoms with Crippen molar-refractivity contribution >= 4 is 45.0 Å². The third kappa shape index (κ3) is 4.18. The number of rotatable bonds is 5. The van der Waals surface area contributed by atoms with Crippen LogP contribution in [0.5, 0.6) is 0 Å². The lowest BCUT2D eigenvalue weighted by Crippen LogP contribution is -2.16. The van der Waals surface area contributed by atoms with E-state index in [1.165, 1.54) is 11.3 Å². The standard InChI is InChI=1S/C20H17ClN2O3S/c1-3-11-23-16-10-7-14(19(25)26-4-2)12-17(16)27-20(23)22-18(24)13-5-8-15(21)9-6-13/h3,5-10,12H,1,4,11H2,2H3. The summed E-state index contributed by atoms with van der Waals surface area (Å²) in [5, 5.41) is 0.557. The fourth-order valence-corrected chi connectivity index (χ4v) is 3.75. The molecule has 1 heterocycles. The normalized spacial score (nSPS) is 11.6. The van der Waals surface area contributed by atoms with Crippen LogP contribution in [0.15, 0.2) is 60.1 Å². The van der Waals surface area contributed by atoms with E-state index in [0.717, 1.165) is 10.2 Å². The van der Waals surface area contributed by atoms with Gasteiger partial charge in [-0.3, -0.25) is 4.79 Å². The Labute approximate surface area is 165 Å². The van der Waals surface area contributed by atoms with Gasteiger partial charge in [0.05, 0.1) is 22.4 Å². The predicted octanol–water partition coefficient (Wildman–Crippen LogP) is 4.46. The van der Waals surface area contributed by atoms with Crippen LogP contribution in [0, 0.1) is 0 Å². The zero-order chi connectivity index (χ0) is 19.4. The molecule has 27 heavy (non-hydrogen) atoms. The van der Waals surface area contributed by atoms with Gasteiger partial charge in [-0.05, 0) is 49.4 Å². The van der Waals surface area contributed by atoms with Crippen molar-refractivity contribution in [2.45, 2.75) is 13.5 Å². The minimum Gasteiger partial charge on any atom is -0.462 e. The number of hydrogen-bond donors (Lipinski definition) is 0. The Hall–Kier alpha value is -2.70. The van der Waals surface area contributed by atoms with Gasteiger partial charge < -0.3 is 9.30 Å². The summed E-state index contributed by atoms with van der Waals surface area (Å²) in [5.74, 6) is -0.736. The number of benzene rings is 2. The van der Waals surface area contributed by atoms with Crippen LogP contribution in [0.3, 0.4) is 0 Å². The Bertz CT molecular complexity index is 1080. The molecule has 5 nitrogen and oxygen atoms in total. The average Bonchev–Trinajstić information content (AvgIpc) is 2.99. The second kappa shape index (κ2) is 8.33. The number of esters is 1. The van der Waals surface area contributed by atoms with Crippen molar-refractivity contribution in [2.75, 3.05) is 6.61 Å². The number of hydrogen-bond acceptors (Lipinski definition) is 4. The first kappa shape index (κ1) is 19.1. The molecule has 0 spiro atoms. The maximum Gasteiger partial charge on any atom is 0.338 e. The Morgan fingerprint density at radius 2 is 1.93 bits per heavy atom. The van der Waals surface area contributed by atoms with Crippen molar-refractivity contribution in [3.63, 3.8) is 0 Å². The second-order valence-corrected chi connectivity index (χ2v) is 7.06. The molecule has 1 aromatic heterocycles. The molecule has 0 aliphatic carbocycles. The van der Waals surface area contributed by atoms with E-state index in [2.05, 4.69) is 11.6 Å². The van der Waals surface area contributed by atoms with Crippen LogP contribution in [-0.2, 0) is 11.3 Å². The topological polar surface area (TPSA) is 60.7 Å². The molecule has 0 bridgehead atoms. The summed E-state index contributed by atoms with van der Waals surface area (Å²) in [4.78, 5) is 29.3. The number of amides is 1. The molecular formula is C20H17ClN2O3S. The number of nitrogens with zero attached hydrogens (tertiary/aromatic N) is 2. The molecule has 0 fully saturated rings. The van der Waals surface area contributed by atoms with Gasteiger partial charge in [0.15, 0.2) is 4.80 Å². The van der Waals surface area contributed by atoms with Gasteiger partial charge in [-0.25, -0.2) is 4.79 Å². The first-order valence-corrected chi connectivity index (χ1v) is 9.49. The summed E-state index contributed by atoms with van der Waals surface area (Å²) in [6.07, 6.45) is 1.73. The van der Waals surface area contributed by atoms with Gasteiger partial charge in [-0.1, -0.05) is 29.0 Å². The van der Waals surface area contributed by atoms with Crippen molar-refractivity contribution in [1.82, 2.24) is 4.57 Å². The van der Waals surface area contributed by atoms with Crippen molar-refractivity contribution in [1.29, 1.82) is 0 Å². The number of carbonyl (C=O) groups excluding carboxylic acids is 2. The van der Waals surface area contributed by atoms with E-state index in [1.54, 1.807) is 49.4 Å². The van der Waals surface area contributed by atoms with E-state index < -0.39 is 0 Å². The fraction of sp³-hybridized carbons (Fsp3) is 0.150. The highest BCUT2D eigenvalue weighted by molar-refractivity contribution is 7.16. The molecule has 138 valence electrons. The van der Waals surface area contributed by atoms with Gasteiger partial charge in [0.1, 0.15) is 0 Å². The smallest absolute Gasteiger partial charge is 0.338 e. The molecule has 0 aliphatic heterocycles. The van der Waals surface area contributed by atoms with Crippen LogP contribution >= 0.6 is 22.9 Å². The Balaban J connectivity index is 2.09. The first-order valence-electron chi connectivity index (χ1n) is 8.29. The maximum atomic E-state index is 12.5. The average molecular weight is 401 g/mol. The monoisotopic (exact) mass is 400 g/mol. The van der Waals surface area contributed by atoms with Gasteiger partial charge in [0.25, 0.3) is 5.91 Å². The molecule has 0 aliphatic rings. The van der Waals surface area contributed by atoms with E-state index in [1.807, 2.05) is 10.6 Å². The first-order chi connectivity index (χ1) is 13.0. The lowest BCUT2D eigenvalue weighted by atomic mass is 10.2. The molecule has 0 unspecified atom stereocenters. The maximum absolute atomic E-state index is 12.5. The van der Waals surface area contributed by atoms with Gasteiger partial charge in [-0.15, -0.1) is 6.58 Å². The number of allylic oxidation sites excluding steroid dienone is 1. The molecular weight excluding hydrogens is 384 g/mol. The summed E-state index contributed by atoms with van der Waals surface area (Å²) < 4.78 is 7.77. The number of carbonyl (C=O) groups is 2.